The molecule has 0 aromatic heterocycles. The maximum Gasteiger partial charge on any atom is 0.416 e. The molecular weight excluding hydrogens is 279 g/mol. The Bertz CT molecular complexity index is 596. The monoisotopic (exact) mass is 295 g/mol. The molecule has 0 atom stereocenters. The van der Waals surface area contributed by atoms with Crippen molar-refractivity contribution in [3.05, 3.63) is 59.7 Å². The third-order valence-electron chi connectivity index (χ3n) is 3.26. The smallest absolute Gasteiger partial charge is 0.392 e. The summed E-state index contributed by atoms with van der Waals surface area (Å²) in [6.45, 7) is 1.78. The fourth-order valence-electron chi connectivity index (χ4n) is 2.26. The molecule has 2 rings (SSSR count). The van der Waals surface area contributed by atoms with Crippen molar-refractivity contribution in [2.24, 2.45) is 0 Å². The van der Waals surface area contributed by atoms with E-state index in [1.165, 1.54) is 6.07 Å². The summed E-state index contributed by atoms with van der Waals surface area (Å²) in [5, 5.41) is 9.07. The van der Waals surface area contributed by atoms with E-state index in [2.05, 4.69) is 0 Å². The molecule has 0 heterocycles. The van der Waals surface area contributed by atoms with Gasteiger partial charge in [-0.2, -0.15) is 13.2 Å². The number of alkyl halides is 3. The molecule has 21 heavy (non-hydrogen) atoms. The van der Waals surface area contributed by atoms with Crippen LogP contribution in [0.4, 0.5) is 24.5 Å². The van der Waals surface area contributed by atoms with E-state index in [1.54, 1.807) is 11.0 Å². The van der Waals surface area contributed by atoms with Crippen molar-refractivity contribution in [1.29, 1.82) is 0 Å². The van der Waals surface area contributed by atoms with Crippen LogP contribution >= 0.6 is 0 Å². The Morgan fingerprint density at radius 3 is 2.19 bits per heavy atom. The Labute approximate surface area is 121 Å². The van der Waals surface area contributed by atoms with Gasteiger partial charge in [-0.1, -0.05) is 24.3 Å². The highest BCUT2D eigenvalue weighted by Gasteiger charge is 2.33. The second kappa shape index (κ2) is 6.18. The van der Waals surface area contributed by atoms with Crippen molar-refractivity contribution in [3.8, 4) is 0 Å². The van der Waals surface area contributed by atoms with Gasteiger partial charge in [-0.05, 0) is 36.8 Å². The summed E-state index contributed by atoms with van der Waals surface area (Å²) in [4.78, 5) is 1.79. The highest BCUT2D eigenvalue weighted by atomic mass is 19.4. The standard InChI is InChI=1S/C16H16F3NO/c1-2-20(13-6-4-3-5-7-13)14-9-8-12(11-21)15(10-14)16(17,18)19/h3-10,21H,2,11H2,1H3. The van der Waals surface area contributed by atoms with Gasteiger partial charge in [0.15, 0.2) is 0 Å². The fourth-order valence-corrected chi connectivity index (χ4v) is 2.26. The molecule has 0 spiro atoms. The number of aliphatic hydroxyl groups excluding tert-OH is 1. The third kappa shape index (κ3) is 3.36. The summed E-state index contributed by atoms with van der Waals surface area (Å²) in [5.41, 5.74) is 0.366. The van der Waals surface area contributed by atoms with E-state index in [9.17, 15) is 13.2 Å². The normalized spacial score (nSPS) is 11.5. The number of aliphatic hydroxyl groups is 1. The van der Waals surface area contributed by atoms with Crippen molar-refractivity contribution >= 4 is 11.4 Å². The molecule has 0 amide bonds. The van der Waals surface area contributed by atoms with Crippen molar-refractivity contribution in [2.45, 2.75) is 19.7 Å². The minimum absolute atomic E-state index is 0.115. The minimum atomic E-state index is -4.48. The lowest BCUT2D eigenvalue weighted by Gasteiger charge is -2.25. The molecule has 0 bridgehead atoms. The average Bonchev–Trinajstić information content (AvgIpc) is 2.48. The molecule has 0 radical (unpaired) electrons. The highest BCUT2D eigenvalue weighted by molar-refractivity contribution is 5.64. The Morgan fingerprint density at radius 1 is 1.00 bits per heavy atom. The zero-order valence-electron chi connectivity index (χ0n) is 11.6. The Morgan fingerprint density at radius 2 is 1.67 bits per heavy atom. The SMILES string of the molecule is CCN(c1ccccc1)c1ccc(CO)c(C(F)(F)F)c1. The summed E-state index contributed by atoms with van der Waals surface area (Å²) < 4.78 is 39.2. The van der Waals surface area contributed by atoms with E-state index in [0.29, 0.717) is 12.2 Å². The van der Waals surface area contributed by atoms with Crippen LogP contribution in [0.1, 0.15) is 18.1 Å². The molecule has 2 nitrogen and oxygen atoms in total. The molecule has 1 N–H and O–H groups in total. The van der Waals surface area contributed by atoms with Crippen LogP contribution in [0.15, 0.2) is 48.5 Å². The van der Waals surface area contributed by atoms with Gasteiger partial charge in [-0.15, -0.1) is 0 Å². The third-order valence-corrected chi connectivity index (χ3v) is 3.26. The summed E-state index contributed by atoms with van der Waals surface area (Å²) in [6, 6.07) is 13.2. The van der Waals surface area contributed by atoms with Crippen LogP contribution in [-0.4, -0.2) is 11.7 Å². The first-order chi connectivity index (χ1) is 9.97. The van der Waals surface area contributed by atoms with Crippen LogP contribution < -0.4 is 4.90 Å². The Balaban J connectivity index is 2.48. The quantitative estimate of drug-likeness (QED) is 0.906. The first-order valence-corrected chi connectivity index (χ1v) is 6.61. The molecule has 0 aliphatic heterocycles. The lowest BCUT2D eigenvalue weighted by Crippen LogP contribution is -2.18. The molecule has 0 unspecified atom stereocenters. The number of benzene rings is 2. The molecule has 0 fully saturated rings. The first kappa shape index (κ1) is 15.4. The number of halogens is 3. The number of para-hydroxylation sites is 1. The van der Waals surface area contributed by atoms with Crippen molar-refractivity contribution in [2.75, 3.05) is 11.4 Å². The molecule has 0 aliphatic carbocycles. The number of hydrogen-bond acceptors (Lipinski definition) is 2. The van der Waals surface area contributed by atoms with E-state index in [1.807, 2.05) is 37.3 Å². The first-order valence-electron chi connectivity index (χ1n) is 6.61. The van der Waals surface area contributed by atoms with Gasteiger partial charge in [0.05, 0.1) is 12.2 Å². The molecule has 112 valence electrons. The molecular formula is C16H16F3NO. The summed E-state index contributed by atoms with van der Waals surface area (Å²) in [6.07, 6.45) is -4.48. The van der Waals surface area contributed by atoms with Gasteiger partial charge in [0.25, 0.3) is 0 Å². The van der Waals surface area contributed by atoms with Gasteiger partial charge < -0.3 is 10.0 Å². The van der Waals surface area contributed by atoms with Crippen LogP contribution in [0.2, 0.25) is 0 Å². The van der Waals surface area contributed by atoms with Gasteiger partial charge in [0.2, 0.25) is 0 Å². The molecule has 0 aliphatic rings. The average molecular weight is 295 g/mol. The van der Waals surface area contributed by atoms with E-state index in [-0.39, 0.29) is 5.56 Å². The second-order valence-corrected chi connectivity index (χ2v) is 4.58. The fraction of sp³-hybridized carbons (Fsp3) is 0.250. The topological polar surface area (TPSA) is 23.5 Å². The molecule has 0 saturated heterocycles. The maximum absolute atomic E-state index is 13.1. The summed E-state index contributed by atoms with van der Waals surface area (Å²) in [7, 11) is 0. The van der Waals surface area contributed by atoms with Gasteiger partial charge in [0.1, 0.15) is 0 Å². The van der Waals surface area contributed by atoms with Crippen molar-refractivity contribution in [3.63, 3.8) is 0 Å². The van der Waals surface area contributed by atoms with Crippen LogP contribution in [0.25, 0.3) is 0 Å². The van der Waals surface area contributed by atoms with Crippen LogP contribution in [0.5, 0.6) is 0 Å². The second-order valence-electron chi connectivity index (χ2n) is 4.58. The Kier molecular flexibility index (Phi) is 4.53. The summed E-state index contributed by atoms with van der Waals surface area (Å²) in [5.74, 6) is 0. The van der Waals surface area contributed by atoms with Crippen molar-refractivity contribution < 1.29 is 18.3 Å². The zero-order valence-corrected chi connectivity index (χ0v) is 11.6. The molecule has 5 heteroatoms. The largest absolute Gasteiger partial charge is 0.416 e. The number of nitrogens with zero attached hydrogens (tertiary/aromatic N) is 1. The number of hydrogen-bond donors (Lipinski definition) is 1. The molecule has 2 aromatic carbocycles. The van der Waals surface area contributed by atoms with Gasteiger partial charge in [-0.25, -0.2) is 0 Å². The van der Waals surface area contributed by atoms with Gasteiger partial charge in [0, 0.05) is 17.9 Å². The molecule has 0 saturated carbocycles. The van der Waals surface area contributed by atoms with Gasteiger partial charge in [-0.3, -0.25) is 0 Å². The lowest BCUT2D eigenvalue weighted by molar-refractivity contribution is -0.138. The van der Waals surface area contributed by atoms with E-state index >= 15 is 0 Å². The van der Waals surface area contributed by atoms with Gasteiger partial charge >= 0.3 is 6.18 Å². The van der Waals surface area contributed by atoms with Crippen LogP contribution in [0, 0.1) is 0 Å². The van der Waals surface area contributed by atoms with Crippen LogP contribution in [-0.2, 0) is 12.8 Å². The zero-order chi connectivity index (χ0) is 15.5. The number of rotatable bonds is 4. The Hall–Kier alpha value is -2.01. The predicted molar refractivity (Wildman–Crippen MR) is 76.5 cm³/mol. The van der Waals surface area contributed by atoms with Crippen LogP contribution in [0.3, 0.4) is 0 Å². The minimum Gasteiger partial charge on any atom is -0.392 e. The lowest BCUT2D eigenvalue weighted by atomic mass is 10.1. The summed E-state index contributed by atoms with van der Waals surface area (Å²) >= 11 is 0. The number of anilines is 2. The van der Waals surface area contributed by atoms with E-state index < -0.39 is 18.3 Å². The predicted octanol–water partition coefficient (Wildman–Crippen LogP) is 4.36. The highest BCUT2D eigenvalue weighted by Crippen LogP contribution is 2.36. The van der Waals surface area contributed by atoms with E-state index in [0.717, 1.165) is 11.8 Å². The maximum atomic E-state index is 13.1. The van der Waals surface area contributed by atoms with E-state index in [4.69, 9.17) is 5.11 Å². The molecule has 2 aromatic rings. The van der Waals surface area contributed by atoms with Crippen molar-refractivity contribution in [1.82, 2.24) is 0 Å².